The summed E-state index contributed by atoms with van der Waals surface area (Å²) in [4.78, 5) is 22.6. The summed E-state index contributed by atoms with van der Waals surface area (Å²) in [5.41, 5.74) is 0.599. The van der Waals surface area contributed by atoms with Gasteiger partial charge in [0.05, 0.1) is 17.8 Å². The molecular formula is C12H12BrN5O3. The molecule has 3 N–H and O–H groups in total. The molecule has 0 aliphatic carbocycles. The summed E-state index contributed by atoms with van der Waals surface area (Å²) in [5.74, 6) is -0.417. The van der Waals surface area contributed by atoms with Gasteiger partial charge in [-0.2, -0.15) is 0 Å². The van der Waals surface area contributed by atoms with Crippen molar-refractivity contribution in [1.82, 2.24) is 20.1 Å². The molecule has 0 radical (unpaired) electrons. The summed E-state index contributed by atoms with van der Waals surface area (Å²) >= 11 is 3.21. The van der Waals surface area contributed by atoms with Gasteiger partial charge in [-0.05, 0) is 34.1 Å². The lowest BCUT2D eigenvalue weighted by atomic mass is 10.2. The molecule has 8 nitrogen and oxygen atoms in total. The van der Waals surface area contributed by atoms with Crippen LogP contribution in [0, 0.1) is 0 Å². The first-order valence-electron chi connectivity index (χ1n) is 5.88. The van der Waals surface area contributed by atoms with E-state index in [-0.39, 0.29) is 12.1 Å². The number of anilines is 1. The number of rotatable bonds is 4. The van der Waals surface area contributed by atoms with Gasteiger partial charge in [-0.15, -0.1) is 10.2 Å². The summed E-state index contributed by atoms with van der Waals surface area (Å²) in [6.07, 6.45) is 1.54. The van der Waals surface area contributed by atoms with Crippen LogP contribution in [-0.2, 0) is 13.6 Å². The van der Waals surface area contributed by atoms with E-state index in [0.29, 0.717) is 16.0 Å². The Hall–Kier alpha value is -2.42. The molecule has 1 aromatic carbocycles. The van der Waals surface area contributed by atoms with Crippen molar-refractivity contribution in [3.63, 3.8) is 0 Å². The third-order valence-electron chi connectivity index (χ3n) is 2.68. The third-order valence-corrected chi connectivity index (χ3v) is 3.33. The highest BCUT2D eigenvalue weighted by atomic mass is 79.9. The number of nitrogens with zero attached hydrogens (tertiary/aromatic N) is 3. The van der Waals surface area contributed by atoms with Gasteiger partial charge >= 0.3 is 12.0 Å². The number of aromatic nitrogens is 3. The van der Waals surface area contributed by atoms with E-state index in [9.17, 15) is 9.59 Å². The number of carboxylic acids is 1. The SMILES string of the molecule is Cn1cnnc1CNC(=O)Nc1ccc(C(=O)O)cc1Br. The quantitative estimate of drug-likeness (QED) is 0.773. The first-order chi connectivity index (χ1) is 9.97. The number of hydrogen-bond acceptors (Lipinski definition) is 4. The van der Waals surface area contributed by atoms with E-state index in [2.05, 4.69) is 36.8 Å². The lowest BCUT2D eigenvalue weighted by molar-refractivity contribution is 0.0697. The lowest BCUT2D eigenvalue weighted by Crippen LogP contribution is -2.29. The molecule has 21 heavy (non-hydrogen) atoms. The number of benzene rings is 1. The predicted molar refractivity (Wildman–Crippen MR) is 78.0 cm³/mol. The summed E-state index contributed by atoms with van der Waals surface area (Å²) in [5, 5.41) is 21.6. The molecule has 1 aromatic heterocycles. The molecular weight excluding hydrogens is 342 g/mol. The van der Waals surface area contributed by atoms with Gasteiger partial charge in [-0.25, -0.2) is 9.59 Å². The van der Waals surface area contributed by atoms with E-state index >= 15 is 0 Å². The molecule has 9 heteroatoms. The second kappa shape index (κ2) is 6.35. The van der Waals surface area contributed by atoms with Crippen LogP contribution in [0.25, 0.3) is 0 Å². The second-order valence-corrected chi connectivity index (χ2v) is 5.02. The maximum Gasteiger partial charge on any atom is 0.335 e. The summed E-state index contributed by atoms with van der Waals surface area (Å²) in [6, 6.07) is 3.91. The predicted octanol–water partition coefficient (Wildman–Crippen LogP) is 1.60. The molecule has 0 bridgehead atoms. The van der Waals surface area contributed by atoms with E-state index in [4.69, 9.17) is 5.11 Å². The number of aryl methyl sites for hydroxylation is 1. The zero-order valence-corrected chi connectivity index (χ0v) is 12.6. The number of halogens is 1. The average molecular weight is 354 g/mol. The number of aromatic carboxylic acids is 1. The van der Waals surface area contributed by atoms with Gasteiger partial charge in [0, 0.05) is 11.5 Å². The van der Waals surface area contributed by atoms with Crippen molar-refractivity contribution in [1.29, 1.82) is 0 Å². The molecule has 0 saturated heterocycles. The molecule has 110 valence electrons. The first kappa shape index (κ1) is 15.0. The summed E-state index contributed by atoms with van der Waals surface area (Å²) in [6.45, 7) is 0.229. The zero-order chi connectivity index (χ0) is 15.4. The van der Waals surface area contributed by atoms with E-state index < -0.39 is 12.0 Å². The fourth-order valence-electron chi connectivity index (χ4n) is 1.54. The molecule has 0 spiro atoms. The van der Waals surface area contributed by atoms with E-state index in [1.165, 1.54) is 24.5 Å². The Morgan fingerprint density at radius 2 is 2.19 bits per heavy atom. The smallest absolute Gasteiger partial charge is 0.335 e. The van der Waals surface area contributed by atoms with Crippen LogP contribution in [0.2, 0.25) is 0 Å². The standard InChI is InChI=1S/C12H12BrN5O3/c1-18-6-15-17-10(18)5-14-12(21)16-9-3-2-7(11(19)20)4-8(9)13/h2-4,6H,5H2,1H3,(H,19,20)(H2,14,16,21). The van der Waals surface area contributed by atoms with Crippen LogP contribution in [0.1, 0.15) is 16.2 Å². The number of hydrogen-bond donors (Lipinski definition) is 3. The van der Waals surface area contributed by atoms with Crippen LogP contribution in [0.3, 0.4) is 0 Å². The minimum absolute atomic E-state index is 0.131. The van der Waals surface area contributed by atoms with Gasteiger partial charge < -0.3 is 20.3 Å². The molecule has 0 fully saturated rings. The van der Waals surface area contributed by atoms with Gasteiger partial charge in [0.25, 0.3) is 0 Å². The minimum Gasteiger partial charge on any atom is -0.478 e. The zero-order valence-electron chi connectivity index (χ0n) is 11.0. The fourth-order valence-corrected chi connectivity index (χ4v) is 2.02. The maximum atomic E-state index is 11.8. The molecule has 0 aliphatic heterocycles. The maximum absolute atomic E-state index is 11.8. The van der Waals surface area contributed by atoms with E-state index in [1.807, 2.05) is 0 Å². The monoisotopic (exact) mass is 353 g/mol. The molecule has 2 amide bonds. The fraction of sp³-hybridized carbons (Fsp3) is 0.167. The van der Waals surface area contributed by atoms with Crippen molar-refractivity contribution in [3.05, 3.63) is 40.4 Å². The highest BCUT2D eigenvalue weighted by molar-refractivity contribution is 9.10. The van der Waals surface area contributed by atoms with Crippen molar-refractivity contribution in [2.45, 2.75) is 6.54 Å². The van der Waals surface area contributed by atoms with Gasteiger partial charge in [0.15, 0.2) is 5.82 Å². The number of amides is 2. The average Bonchev–Trinajstić information content (AvgIpc) is 2.84. The van der Waals surface area contributed by atoms with Crippen LogP contribution >= 0.6 is 15.9 Å². The van der Waals surface area contributed by atoms with Gasteiger partial charge in [-0.1, -0.05) is 0 Å². The summed E-state index contributed by atoms with van der Waals surface area (Å²) in [7, 11) is 1.77. The second-order valence-electron chi connectivity index (χ2n) is 4.17. The molecule has 1 heterocycles. The van der Waals surface area contributed by atoms with Crippen LogP contribution in [-0.4, -0.2) is 31.9 Å². The Morgan fingerprint density at radius 3 is 2.76 bits per heavy atom. The Morgan fingerprint density at radius 1 is 1.43 bits per heavy atom. The first-order valence-corrected chi connectivity index (χ1v) is 6.67. The Bertz CT molecular complexity index is 685. The number of carbonyl (C=O) groups is 2. The van der Waals surface area contributed by atoms with Crippen LogP contribution in [0.5, 0.6) is 0 Å². The van der Waals surface area contributed by atoms with E-state index in [0.717, 1.165) is 0 Å². The van der Waals surface area contributed by atoms with Gasteiger partial charge in [0.1, 0.15) is 6.33 Å². The molecule has 0 atom stereocenters. The number of carboxylic acid groups (broad SMARTS) is 1. The van der Waals surface area contributed by atoms with Crippen molar-refractivity contribution in [2.24, 2.45) is 7.05 Å². The lowest BCUT2D eigenvalue weighted by Gasteiger charge is -2.09. The minimum atomic E-state index is -1.03. The Labute approximate surface area is 128 Å². The van der Waals surface area contributed by atoms with Crippen molar-refractivity contribution >= 4 is 33.6 Å². The van der Waals surface area contributed by atoms with Crippen molar-refractivity contribution in [3.8, 4) is 0 Å². The highest BCUT2D eigenvalue weighted by Gasteiger charge is 2.10. The highest BCUT2D eigenvalue weighted by Crippen LogP contribution is 2.23. The molecule has 2 rings (SSSR count). The molecule has 0 unspecified atom stereocenters. The Kier molecular flexibility index (Phi) is 4.53. The van der Waals surface area contributed by atoms with Gasteiger partial charge in [-0.3, -0.25) is 0 Å². The number of carbonyl (C=O) groups excluding carboxylic acids is 1. The summed E-state index contributed by atoms with van der Waals surface area (Å²) < 4.78 is 2.17. The number of urea groups is 1. The molecule has 0 aliphatic rings. The van der Waals surface area contributed by atoms with E-state index in [1.54, 1.807) is 11.6 Å². The van der Waals surface area contributed by atoms with Crippen LogP contribution < -0.4 is 10.6 Å². The van der Waals surface area contributed by atoms with Crippen molar-refractivity contribution in [2.75, 3.05) is 5.32 Å². The normalized spacial score (nSPS) is 10.2. The van der Waals surface area contributed by atoms with Crippen molar-refractivity contribution < 1.29 is 14.7 Å². The van der Waals surface area contributed by atoms with Crippen LogP contribution in [0.4, 0.5) is 10.5 Å². The van der Waals surface area contributed by atoms with Gasteiger partial charge in [0.2, 0.25) is 0 Å². The third kappa shape index (κ3) is 3.78. The topological polar surface area (TPSA) is 109 Å². The largest absolute Gasteiger partial charge is 0.478 e. The number of nitrogens with one attached hydrogen (secondary N) is 2. The molecule has 0 saturated carbocycles. The molecule has 2 aromatic rings. The Balaban J connectivity index is 1.96. The van der Waals surface area contributed by atoms with Crippen LogP contribution in [0.15, 0.2) is 29.0 Å².